The molecule has 2 aromatic carbocycles. The van der Waals surface area contributed by atoms with Crippen molar-refractivity contribution in [3.05, 3.63) is 45.6 Å². The van der Waals surface area contributed by atoms with E-state index in [1.807, 2.05) is 46.8 Å². The number of fused-ring (bicyclic) bond motifs is 3. The maximum atomic E-state index is 14.0. The zero-order chi connectivity index (χ0) is 36.0. The highest BCUT2D eigenvalue weighted by Gasteiger charge is 2.34. The molecule has 4 rings (SSSR count). The summed E-state index contributed by atoms with van der Waals surface area (Å²) < 4.78 is 22.6. The minimum atomic E-state index is -0.660. The fraction of sp³-hybridized carbons (Fsp3) is 0.568. The molecule has 3 amide bonds. The van der Waals surface area contributed by atoms with Gasteiger partial charge in [0.1, 0.15) is 11.6 Å². The van der Waals surface area contributed by atoms with Gasteiger partial charge in [-0.2, -0.15) is 0 Å². The van der Waals surface area contributed by atoms with Crippen molar-refractivity contribution in [2.45, 2.75) is 97.4 Å². The van der Waals surface area contributed by atoms with E-state index in [-0.39, 0.29) is 34.9 Å². The Hall–Kier alpha value is -4.48. The van der Waals surface area contributed by atoms with E-state index in [0.29, 0.717) is 73.6 Å². The van der Waals surface area contributed by atoms with Crippen LogP contribution in [-0.4, -0.2) is 74.9 Å². The van der Waals surface area contributed by atoms with Gasteiger partial charge in [0.05, 0.1) is 33.1 Å². The number of ether oxygens (including phenoxy) is 4. The number of alkyl carbamates (subject to hydrolysis) is 1. The summed E-state index contributed by atoms with van der Waals surface area (Å²) >= 11 is 0. The van der Waals surface area contributed by atoms with Crippen LogP contribution < -0.4 is 35.6 Å². The average Bonchev–Trinajstić information content (AvgIpc) is 3.29. The Morgan fingerprint density at radius 2 is 1.63 bits per heavy atom. The second kappa shape index (κ2) is 15.8. The lowest BCUT2D eigenvalue weighted by atomic mass is 9.95. The molecule has 0 saturated carbocycles. The molecule has 1 fully saturated rings. The minimum Gasteiger partial charge on any atom is -0.493 e. The third-order valence-corrected chi connectivity index (χ3v) is 9.23. The molecule has 49 heavy (non-hydrogen) atoms. The van der Waals surface area contributed by atoms with Crippen LogP contribution in [0.4, 0.5) is 10.5 Å². The number of hydrogen-bond acceptors (Lipinski definition) is 9. The summed E-state index contributed by atoms with van der Waals surface area (Å²) in [7, 11) is 4.66. The number of likely N-dealkylation sites (tertiary alicyclic amines) is 1. The second-order valence-electron chi connectivity index (χ2n) is 13.8. The van der Waals surface area contributed by atoms with Gasteiger partial charge in [0.15, 0.2) is 11.5 Å². The zero-order valence-electron chi connectivity index (χ0n) is 30.3. The first kappa shape index (κ1) is 37.3. The largest absolute Gasteiger partial charge is 0.493 e. The number of rotatable bonds is 10. The van der Waals surface area contributed by atoms with Crippen molar-refractivity contribution < 1.29 is 33.3 Å². The molecule has 1 aliphatic heterocycles. The zero-order valence-corrected chi connectivity index (χ0v) is 30.3. The fourth-order valence-electron chi connectivity index (χ4n) is 6.59. The Bertz CT molecular complexity index is 1600. The number of anilines is 1. The molecule has 3 N–H and O–H groups in total. The number of nitrogens with one attached hydrogen (secondary N) is 3. The van der Waals surface area contributed by atoms with Crippen LogP contribution in [0.25, 0.3) is 11.1 Å². The molecule has 1 heterocycles. The van der Waals surface area contributed by atoms with Crippen LogP contribution in [0.1, 0.15) is 84.4 Å². The summed E-state index contributed by atoms with van der Waals surface area (Å²) in [5, 5.41) is 9.26. The Morgan fingerprint density at radius 3 is 2.20 bits per heavy atom. The highest BCUT2D eigenvalue weighted by atomic mass is 16.6. The third-order valence-electron chi connectivity index (χ3n) is 9.23. The van der Waals surface area contributed by atoms with Crippen molar-refractivity contribution in [1.29, 1.82) is 0 Å². The Labute approximate surface area is 289 Å². The van der Waals surface area contributed by atoms with Crippen molar-refractivity contribution in [2.24, 2.45) is 5.92 Å². The predicted molar refractivity (Wildman–Crippen MR) is 189 cm³/mol. The lowest BCUT2D eigenvalue weighted by Crippen LogP contribution is -2.52. The number of aryl methyl sites for hydroxylation is 1. The van der Waals surface area contributed by atoms with Crippen molar-refractivity contribution in [3.63, 3.8) is 0 Å². The molecule has 1 saturated heterocycles. The number of benzene rings is 1. The van der Waals surface area contributed by atoms with Gasteiger partial charge < -0.3 is 39.8 Å². The van der Waals surface area contributed by atoms with Crippen LogP contribution >= 0.6 is 0 Å². The summed E-state index contributed by atoms with van der Waals surface area (Å²) in [5.41, 5.74) is 2.40. The molecule has 268 valence electrons. The number of carbonyl (C=O) groups excluding carboxylic acids is 3. The lowest BCUT2D eigenvalue weighted by Gasteiger charge is -2.36. The van der Waals surface area contributed by atoms with E-state index in [1.54, 1.807) is 38.4 Å². The van der Waals surface area contributed by atoms with E-state index in [0.717, 1.165) is 11.1 Å². The van der Waals surface area contributed by atoms with Crippen molar-refractivity contribution in [1.82, 2.24) is 15.5 Å². The van der Waals surface area contributed by atoms with Crippen LogP contribution in [0.3, 0.4) is 0 Å². The van der Waals surface area contributed by atoms with E-state index in [4.69, 9.17) is 18.9 Å². The minimum absolute atomic E-state index is 0.0856. The van der Waals surface area contributed by atoms with Crippen molar-refractivity contribution in [2.75, 3.05) is 39.7 Å². The summed E-state index contributed by atoms with van der Waals surface area (Å²) in [6.07, 6.45) is 2.56. The Morgan fingerprint density at radius 1 is 0.959 bits per heavy atom. The van der Waals surface area contributed by atoms with Crippen LogP contribution in [0, 0.1) is 5.92 Å². The van der Waals surface area contributed by atoms with E-state index in [2.05, 4.69) is 16.0 Å². The van der Waals surface area contributed by atoms with Gasteiger partial charge in [-0.1, -0.05) is 26.3 Å². The van der Waals surface area contributed by atoms with Gasteiger partial charge in [-0.25, -0.2) is 4.79 Å². The van der Waals surface area contributed by atoms with E-state index >= 15 is 0 Å². The van der Waals surface area contributed by atoms with Crippen LogP contribution in [0.2, 0.25) is 0 Å². The summed E-state index contributed by atoms with van der Waals surface area (Å²) in [6, 6.07) is 5.81. The van der Waals surface area contributed by atoms with E-state index < -0.39 is 23.8 Å². The fourth-order valence-corrected chi connectivity index (χ4v) is 6.59. The number of amides is 3. The van der Waals surface area contributed by atoms with Gasteiger partial charge >= 0.3 is 6.09 Å². The summed E-state index contributed by atoms with van der Waals surface area (Å²) in [5.74, 6) is 1.01. The number of hydrogen-bond donors (Lipinski definition) is 3. The topological polar surface area (TPSA) is 145 Å². The molecule has 12 nitrogen and oxygen atoms in total. The number of carbonyl (C=O) groups is 3. The molecule has 0 bridgehead atoms. The molecule has 2 aromatic rings. The first-order chi connectivity index (χ1) is 23.2. The first-order valence-electron chi connectivity index (χ1n) is 17.0. The number of nitrogens with zero attached hydrogens (tertiary/aromatic N) is 1. The molecule has 1 aliphatic carbocycles. The highest BCUT2D eigenvalue weighted by Crippen LogP contribution is 2.50. The van der Waals surface area contributed by atoms with Gasteiger partial charge in [-0.15, -0.1) is 0 Å². The smallest absolute Gasteiger partial charge is 0.407 e. The van der Waals surface area contributed by atoms with Crippen molar-refractivity contribution >= 4 is 23.6 Å². The summed E-state index contributed by atoms with van der Waals surface area (Å²) in [6.45, 7) is 11.8. The van der Waals surface area contributed by atoms with Crippen LogP contribution in [0.5, 0.6) is 17.2 Å². The number of methoxy groups -OCH3 is 3. The maximum absolute atomic E-state index is 14.0. The SMILES string of the molecule is CCC(C)C(Nc1ccc2c(cc1=O)C(NC(C)=O)CCc1cc(OC)c(OC)c(OC)c1-2)C(=O)N1CCC(NC(=O)OC(C)(C)C)CC1. The van der Waals surface area contributed by atoms with E-state index in [9.17, 15) is 19.2 Å². The Kier molecular flexibility index (Phi) is 12.1. The van der Waals surface area contributed by atoms with Gasteiger partial charge in [-0.05, 0) is 87.3 Å². The maximum Gasteiger partial charge on any atom is 0.407 e. The monoisotopic (exact) mass is 680 g/mol. The second-order valence-corrected chi connectivity index (χ2v) is 13.8. The van der Waals surface area contributed by atoms with Gasteiger partial charge in [-0.3, -0.25) is 14.4 Å². The van der Waals surface area contributed by atoms with Crippen molar-refractivity contribution in [3.8, 4) is 28.4 Å². The first-order valence-corrected chi connectivity index (χ1v) is 17.0. The van der Waals surface area contributed by atoms with E-state index in [1.165, 1.54) is 6.92 Å². The van der Waals surface area contributed by atoms with Crippen LogP contribution in [-0.2, 0) is 20.7 Å². The quantitative estimate of drug-likeness (QED) is 0.308. The molecule has 12 heteroatoms. The van der Waals surface area contributed by atoms with Gasteiger partial charge in [0.25, 0.3) is 0 Å². The molecule has 2 aliphatic rings. The number of piperidine rings is 1. The standard InChI is InChI=1S/C37H52N4O8/c1-10-21(2)32(35(44)41-17-15-24(16-18-41)39-36(45)49-37(4,5)6)40-28-14-12-25-26(20-29(28)43)27(38-22(3)42)13-11-23-19-30(46-7)33(47-8)34(48-9)31(23)25/h12,14,19-21,24,27,32H,10-11,13,15-18H2,1-9H3,(H,38,42)(H,39,45)(H,40,43). The molecule has 3 atom stereocenters. The predicted octanol–water partition coefficient (Wildman–Crippen LogP) is 5.21. The molecular formula is C37H52N4O8. The lowest BCUT2D eigenvalue weighted by molar-refractivity contribution is -0.134. The molecule has 0 aromatic heterocycles. The van der Waals surface area contributed by atoms with Crippen LogP contribution in [0.15, 0.2) is 29.1 Å². The van der Waals surface area contributed by atoms with Gasteiger partial charge in [0.2, 0.25) is 23.0 Å². The molecule has 0 radical (unpaired) electrons. The molecule has 3 unspecified atom stereocenters. The molecular weight excluding hydrogens is 628 g/mol. The third kappa shape index (κ3) is 8.76. The molecule has 0 spiro atoms. The Balaban J connectivity index is 1.69. The normalized spacial score (nSPS) is 17.3. The van der Waals surface area contributed by atoms with Gasteiger partial charge in [0, 0.05) is 31.6 Å². The summed E-state index contributed by atoms with van der Waals surface area (Å²) in [4.78, 5) is 54.4. The highest BCUT2D eigenvalue weighted by molar-refractivity contribution is 5.86. The average molecular weight is 681 g/mol.